The lowest BCUT2D eigenvalue weighted by Gasteiger charge is -2.06. The molecule has 0 fully saturated rings. The van der Waals surface area contributed by atoms with E-state index in [1.54, 1.807) is 0 Å². The van der Waals surface area contributed by atoms with Crippen molar-refractivity contribution in [2.75, 3.05) is 0 Å². The molecule has 1 aromatic carbocycles. The van der Waals surface area contributed by atoms with E-state index in [0.29, 0.717) is 0 Å². The molecule has 0 atom stereocenters. The van der Waals surface area contributed by atoms with Crippen molar-refractivity contribution in [2.24, 2.45) is 0 Å². The van der Waals surface area contributed by atoms with Crippen LogP contribution in [-0.2, 0) is 0 Å². The van der Waals surface area contributed by atoms with Crippen molar-refractivity contribution in [1.82, 2.24) is 0 Å². The molecule has 0 spiro atoms. The van der Waals surface area contributed by atoms with Crippen LogP contribution in [0.1, 0.15) is 0 Å². The van der Waals surface area contributed by atoms with Gasteiger partial charge in [-0.2, -0.15) is 0 Å². The third-order valence-electron chi connectivity index (χ3n) is 1.62. The minimum absolute atomic E-state index is 0.0626. The number of benzene rings is 1. The quantitative estimate of drug-likeness (QED) is 0.449. The Bertz CT molecular complexity index is 374. The Morgan fingerprint density at radius 1 is 0.786 bits per heavy atom. The normalized spacial score (nSPS) is 13.6. The summed E-state index contributed by atoms with van der Waals surface area (Å²) in [5.74, 6) is 0.192. The summed E-state index contributed by atoms with van der Waals surface area (Å²) in [6.07, 6.45) is 0. The van der Waals surface area contributed by atoms with Crippen molar-refractivity contribution in [1.29, 1.82) is 0 Å². The lowest BCUT2D eigenvalue weighted by molar-refractivity contribution is 0.342. The third kappa shape index (κ3) is 1.42. The maximum absolute atomic E-state index is 9.03. The van der Waals surface area contributed by atoms with Gasteiger partial charge in [-0.25, -0.2) is 0 Å². The molecule has 1 N–H and O–H groups in total. The highest BCUT2D eigenvalue weighted by Gasteiger charge is 2.37. The zero-order valence-corrected chi connectivity index (χ0v) is 9.38. The van der Waals surface area contributed by atoms with Crippen LogP contribution in [-0.4, -0.2) is 12.3 Å². The Balaban J connectivity index is 2.70. The van der Waals surface area contributed by atoms with Gasteiger partial charge in [0.1, 0.15) is 10.0 Å². The standard InChI is InChI=1S/C6HBCl4O3/c8-1-2(9)4(11)6-5(3(1)10)13-7(12)14-6/h12H. The van der Waals surface area contributed by atoms with Crippen LogP contribution < -0.4 is 9.31 Å². The minimum Gasteiger partial charge on any atom is -0.497 e. The molecule has 1 aliphatic heterocycles. The summed E-state index contributed by atoms with van der Waals surface area (Å²) in [6, 6.07) is 0. The van der Waals surface area contributed by atoms with E-state index < -0.39 is 7.32 Å². The fourth-order valence-electron chi connectivity index (χ4n) is 1.03. The highest BCUT2D eigenvalue weighted by molar-refractivity contribution is 6.54. The molecule has 1 aliphatic rings. The Kier molecular flexibility index (Phi) is 2.66. The van der Waals surface area contributed by atoms with Gasteiger partial charge in [0.25, 0.3) is 0 Å². The first kappa shape index (κ1) is 10.5. The Labute approximate surface area is 99.6 Å². The Morgan fingerprint density at radius 3 is 1.50 bits per heavy atom. The van der Waals surface area contributed by atoms with Gasteiger partial charge in [-0.15, -0.1) is 0 Å². The Morgan fingerprint density at radius 2 is 1.14 bits per heavy atom. The monoisotopic (exact) mass is 272 g/mol. The van der Waals surface area contributed by atoms with E-state index in [1.165, 1.54) is 0 Å². The second kappa shape index (κ2) is 3.54. The van der Waals surface area contributed by atoms with Crippen LogP contribution in [0.2, 0.25) is 20.1 Å². The minimum atomic E-state index is -1.44. The number of rotatable bonds is 0. The molecule has 0 radical (unpaired) electrons. The smallest absolute Gasteiger partial charge is 0.497 e. The molecule has 0 bridgehead atoms. The molecule has 2 rings (SSSR count). The average Bonchev–Trinajstić information content (AvgIpc) is 2.54. The van der Waals surface area contributed by atoms with E-state index in [9.17, 15) is 0 Å². The van der Waals surface area contributed by atoms with Gasteiger partial charge >= 0.3 is 7.32 Å². The molecule has 3 nitrogen and oxygen atoms in total. The highest BCUT2D eigenvalue weighted by atomic mass is 35.5. The first-order chi connectivity index (χ1) is 6.52. The van der Waals surface area contributed by atoms with E-state index in [4.69, 9.17) is 60.7 Å². The van der Waals surface area contributed by atoms with Gasteiger partial charge in [0.05, 0.1) is 10.0 Å². The van der Waals surface area contributed by atoms with Crippen LogP contribution >= 0.6 is 46.4 Å². The summed E-state index contributed by atoms with van der Waals surface area (Å²) in [6.45, 7) is 0. The van der Waals surface area contributed by atoms with E-state index in [2.05, 4.69) is 0 Å². The molecular formula is C6HBCl4O3. The third-order valence-corrected chi connectivity index (χ3v) is 3.39. The molecule has 1 heterocycles. The van der Waals surface area contributed by atoms with Crippen molar-refractivity contribution in [3.05, 3.63) is 20.1 Å². The first-order valence-corrected chi connectivity index (χ1v) is 4.91. The van der Waals surface area contributed by atoms with Gasteiger partial charge in [0, 0.05) is 0 Å². The molecule has 0 aliphatic carbocycles. The van der Waals surface area contributed by atoms with Gasteiger partial charge < -0.3 is 14.3 Å². The summed E-state index contributed by atoms with van der Waals surface area (Å²) in [4.78, 5) is 0. The van der Waals surface area contributed by atoms with E-state index in [1.807, 2.05) is 0 Å². The maximum atomic E-state index is 9.03. The number of hydrogen-bond acceptors (Lipinski definition) is 3. The van der Waals surface area contributed by atoms with Crippen LogP contribution in [0.3, 0.4) is 0 Å². The molecule has 0 saturated carbocycles. The SMILES string of the molecule is OB1Oc2c(Cl)c(Cl)c(Cl)c(Cl)c2O1. The van der Waals surface area contributed by atoms with Gasteiger partial charge in [0.15, 0.2) is 11.5 Å². The van der Waals surface area contributed by atoms with E-state index in [-0.39, 0.29) is 31.6 Å². The molecule has 74 valence electrons. The number of halogens is 4. The second-order valence-corrected chi connectivity index (χ2v) is 3.97. The van der Waals surface area contributed by atoms with Crippen molar-refractivity contribution in [3.63, 3.8) is 0 Å². The Hall–Kier alpha value is 0.00494. The second-order valence-electron chi connectivity index (χ2n) is 2.46. The molecule has 8 heteroatoms. The van der Waals surface area contributed by atoms with Crippen molar-refractivity contribution < 1.29 is 14.3 Å². The van der Waals surface area contributed by atoms with E-state index >= 15 is 0 Å². The zero-order valence-electron chi connectivity index (χ0n) is 6.35. The molecular weight excluding hydrogens is 273 g/mol. The fourth-order valence-corrected chi connectivity index (χ4v) is 1.93. The molecule has 0 aromatic heterocycles. The highest BCUT2D eigenvalue weighted by Crippen LogP contribution is 2.52. The van der Waals surface area contributed by atoms with Crippen LogP contribution in [0.4, 0.5) is 0 Å². The predicted molar refractivity (Wildman–Crippen MR) is 55.7 cm³/mol. The largest absolute Gasteiger partial charge is 0.785 e. The molecule has 0 saturated heterocycles. The first-order valence-electron chi connectivity index (χ1n) is 3.39. The zero-order chi connectivity index (χ0) is 10.5. The van der Waals surface area contributed by atoms with Gasteiger partial charge in [-0.05, 0) is 0 Å². The fraction of sp³-hybridized carbons (Fsp3) is 0. The van der Waals surface area contributed by atoms with Gasteiger partial charge in [-0.1, -0.05) is 46.4 Å². The van der Waals surface area contributed by atoms with Crippen LogP contribution in [0.5, 0.6) is 11.5 Å². The molecule has 1 aromatic rings. The average molecular weight is 274 g/mol. The van der Waals surface area contributed by atoms with Crippen LogP contribution in [0.25, 0.3) is 0 Å². The van der Waals surface area contributed by atoms with Gasteiger partial charge in [0.2, 0.25) is 0 Å². The lowest BCUT2D eigenvalue weighted by atomic mass is 10.3. The molecule has 0 unspecified atom stereocenters. The summed E-state index contributed by atoms with van der Waals surface area (Å²) in [5.41, 5.74) is 0. The molecule has 0 amide bonds. The van der Waals surface area contributed by atoms with Crippen LogP contribution in [0, 0.1) is 0 Å². The van der Waals surface area contributed by atoms with E-state index in [0.717, 1.165) is 0 Å². The number of fused-ring (bicyclic) bond motifs is 1. The van der Waals surface area contributed by atoms with Crippen molar-refractivity contribution in [3.8, 4) is 11.5 Å². The van der Waals surface area contributed by atoms with Gasteiger partial charge in [-0.3, -0.25) is 0 Å². The number of hydrogen-bond donors (Lipinski definition) is 1. The summed E-state index contributed by atoms with van der Waals surface area (Å²) >= 11 is 23.1. The predicted octanol–water partition coefficient (Wildman–Crippen LogP) is 3.05. The van der Waals surface area contributed by atoms with Crippen molar-refractivity contribution in [2.45, 2.75) is 0 Å². The molecule has 14 heavy (non-hydrogen) atoms. The summed E-state index contributed by atoms with van der Waals surface area (Å²) in [5, 5.41) is 9.29. The maximum Gasteiger partial charge on any atom is 0.785 e. The summed E-state index contributed by atoms with van der Waals surface area (Å²) in [7, 11) is -1.44. The topological polar surface area (TPSA) is 38.7 Å². The van der Waals surface area contributed by atoms with Crippen molar-refractivity contribution >= 4 is 53.7 Å². The van der Waals surface area contributed by atoms with Crippen LogP contribution in [0.15, 0.2) is 0 Å². The lowest BCUT2D eigenvalue weighted by Crippen LogP contribution is -2.23. The summed E-state index contributed by atoms with van der Waals surface area (Å²) < 4.78 is 9.66.